The first-order valence-corrected chi connectivity index (χ1v) is 6.20. The minimum absolute atomic E-state index is 0.331. The van der Waals surface area contributed by atoms with Crippen molar-refractivity contribution in [1.29, 1.82) is 0 Å². The smallest absolute Gasteiger partial charge is 0.224 e. The molecule has 0 fully saturated rings. The Morgan fingerprint density at radius 2 is 2.06 bits per heavy atom. The highest BCUT2D eigenvalue weighted by Crippen LogP contribution is 2.17. The minimum Gasteiger partial charge on any atom is -0.356 e. The summed E-state index contributed by atoms with van der Waals surface area (Å²) in [5.41, 5.74) is 0.914. The van der Waals surface area contributed by atoms with E-state index in [4.69, 9.17) is 11.6 Å². The Hall–Kier alpha value is -0.830. The van der Waals surface area contributed by atoms with Gasteiger partial charge >= 0.3 is 0 Å². The van der Waals surface area contributed by atoms with Crippen molar-refractivity contribution in [2.75, 3.05) is 18.0 Å². The monoisotopic (exact) mass is 241 g/mol. The normalized spacial score (nSPS) is 12.6. The van der Waals surface area contributed by atoms with E-state index in [-0.39, 0.29) is 0 Å². The first-order valence-electron chi connectivity index (χ1n) is 5.82. The Bertz CT molecular complexity index is 321. The fraction of sp³-hybridized carbons (Fsp3) is 0.667. The minimum atomic E-state index is 0.331. The van der Waals surface area contributed by atoms with Crippen LogP contribution >= 0.6 is 11.6 Å². The van der Waals surface area contributed by atoms with Gasteiger partial charge in [-0.2, -0.15) is 0 Å². The van der Waals surface area contributed by atoms with E-state index in [1.165, 1.54) is 6.42 Å². The molecule has 1 aromatic rings. The van der Waals surface area contributed by atoms with Crippen molar-refractivity contribution in [2.45, 2.75) is 34.1 Å². The third-order valence-corrected chi connectivity index (χ3v) is 2.92. The molecule has 0 radical (unpaired) electrons. The number of rotatable bonds is 5. The molecule has 0 spiro atoms. The number of aryl methyl sites for hydroxylation is 1. The molecule has 0 aliphatic rings. The van der Waals surface area contributed by atoms with Crippen molar-refractivity contribution in [3.63, 3.8) is 0 Å². The molecule has 16 heavy (non-hydrogen) atoms. The first kappa shape index (κ1) is 13.2. The van der Waals surface area contributed by atoms with E-state index in [1.807, 2.05) is 13.0 Å². The largest absolute Gasteiger partial charge is 0.356 e. The van der Waals surface area contributed by atoms with Crippen molar-refractivity contribution < 1.29 is 0 Å². The lowest BCUT2D eigenvalue weighted by Gasteiger charge is -2.25. The number of halogens is 1. The lowest BCUT2D eigenvalue weighted by molar-refractivity contribution is 0.545. The van der Waals surface area contributed by atoms with Gasteiger partial charge in [0.05, 0.1) is 0 Å². The number of aromatic nitrogens is 2. The molecular formula is C12H20ClN3. The second-order valence-corrected chi connectivity index (χ2v) is 4.53. The quantitative estimate of drug-likeness (QED) is 0.741. The third-order valence-electron chi connectivity index (χ3n) is 2.75. The average Bonchev–Trinajstić information content (AvgIpc) is 2.24. The highest BCUT2D eigenvalue weighted by atomic mass is 35.5. The van der Waals surface area contributed by atoms with Gasteiger partial charge in [-0.3, -0.25) is 0 Å². The Balaban J connectivity index is 2.86. The molecule has 0 saturated carbocycles. The maximum atomic E-state index is 5.87. The summed E-state index contributed by atoms with van der Waals surface area (Å²) in [6.45, 7) is 10.5. The summed E-state index contributed by atoms with van der Waals surface area (Å²) < 4.78 is 0. The molecule has 0 amide bonds. The summed E-state index contributed by atoms with van der Waals surface area (Å²) in [6.07, 6.45) is 1.17. The number of nitrogens with zero attached hydrogens (tertiary/aromatic N) is 3. The molecule has 0 bridgehead atoms. The van der Waals surface area contributed by atoms with Crippen molar-refractivity contribution in [1.82, 2.24) is 9.97 Å². The van der Waals surface area contributed by atoms with Gasteiger partial charge in [0.15, 0.2) is 0 Å². The van der Waals surface area contributed by atoms with Gasteiger partial charge in [-0.25, -0.2) is 9.97 Å². The van der Waals surface area contributed by atoms with E-state index in [1.54, 1.807) is 0 Å². The van der Waals surface area contributed by atoms with Gasteiger partial charge in [-0.05, 0) is 31.4 Å². The Morgan fingerprint density at radius 3 is 2.56 bits per heavy atom. The van der Waals surface area contributed by atoms with Crippen molar-refractivity contribution in [3.8, 4) is 0 Å². The molecule has 90 valence electrons. The maximum Gasteiger partial charge on any atom is 0.224 e. The van der Waals surface area contributed by atoms with Gasteiger partial charge in [0, 0.05) is 24.8 Å². The Labute approximate surface area is 103 Å². The van der Waals surface area contributed by atoms with E-state index in [0.29, 0.717) is 11.2 Å². The molecule has 1 atom stereocenters. The topological polar surface area (TPSA) is 29.0 Å². The van der Waals surface area contributed by atoms with E-state index < -0.39 is 0 Å². The molecule has 1 unspecified atom stereocenters. The molecule has 3 nitrogen and oxygen atoms in total. The van der Waals surface area contributed by atoms with Crippen LogP contribution in [0.15, 0.2) is 6.07 Å². The lowest BCUT2D eigenvalue weighted by Crippen LogP contribution is -2.29. The van der Waals surface area contributed by atoms with Crippen LogP contribution in [0.2, 0.25) is 5.28 Å². The van der Waals surface area contributed by atoms with Crippen LogP contribution in [0.5, 0.6) is 0 Å². The summed E-state index contributed by atoms with van der Waals surface area (Å²) in [6, 6.07) is 1.98. The second kappa shape index (κ2) is 6.04. The average molecular weight is 242 g/mol. The van der Waals surface area contributed by atoms with Crippen molar-refractivity contribution in [2.24, 2.45) is 5.92 Å². The molecule has 0 aliphatic carbocycles. The van der Waals surface area contributed by atoms with E-state index in [9.17, 15) is 0 Å². The molecular weight excluding hydrogens is 222 g/mol. The van der Waals surface area contributed by atoms with Crippen LogP contribution in [-0.4, -0.2) is 23.1 Å². The molecule has 0 aliphatic heterocycles. The highest BCUT2D eigenvalue weighted by molar-refractivity contribution is 6.28. The number of hydrogen-bond acceptors (Lipinski definition) is 3. The third kappa shape index (κ3) is 3.63. The van der Waals surface area contributed by atoms with E-state index >= 15 is 0 Å². The fourth-order valence-electron chi connectivity index (χ4n) is 1.57. The zero-order chi connectivity index (χ0) is 12.1. The standard InChI is InChI=1S/C12H20ClN3/c1-5-9(3)8-16(6-2)11-7-10(4)14-12(13)15-11/h7,9H,5-6,8H2,1-4H3. The highest BCUT2D eigenvalue weighted by Gasteiger charge is 2.11. The molecule has 1 aromatic heterocycles. The molecule has 0 N–H and O–H groups in total. The molecule has 0 aromatic carbocycles. The molecule has 0 saturated heterocycles. The van der Waals surface area contributed by atoms with Crippen molar-refractivity contribution >= 4 is 17.4 Å². The summed E-state index contributed by atoms with van der Waals surface area (Å²) in [7, 11) is 0. The van der Waals surface area contributed by atoms with Crippen LogP contribution in [0, 0.1) is 12.8 Å². The van der Waals surface area contributed by atoms with Gasteiger partial charge in [0.2, 0.25) is 5.28 Å². The summed E-state index contributed by atoms with van der Waals surface area (Å²) in [4.78, 5) is 10.6. The van der Waals surface area contributed by atoms with E-state index in [2.05, 4.69) is 35.6 Å². The number of anilines is 1. The van der Waals surface area contributed by atoms with Crippen LogP contribution in [0.1, 0.15) is 32.9 Å². The van der Waals surface area contributed by atoms with E-state index in [0.717, 1.165) is 24.6 Å². The van der Waals surface area contributed by atoms with Gasteiger partial charge in [-0.1, -0.05) is 20.3 Å². The van der Waals surface area contributed by atoms with Crippen LogP contribution in [-0.2, 0) is 0 Å². The van der Waals surface area contributed by atoms with Crippen molar-refractivity contribution in [3.05, 3.63) is 17.0 Å². The molecule has 1 rings (SSSR count). The predicted octanol–water partition coefficient (Wildman–Crippen LogP) is 3.31. The zero-order valence-corrected chi connectivity index (χ0v) is 11.3. The van der Waals surface area contributed by atoms with Crippen LogP contribution in [0.3, 0.4) is 0 Å². The SMILES string of the molecule is CCC(C)CN(CC)c1cc(C)nc(Cl)n1. The fourth-order valence-corrected chi connectivity index (χ4v) is 1.79. The van der Waals surface area contributed by atoms with Crippen LogP contribution in [0.4, 0.5) is 5.82 Å². The van der Waals surface area contributed by atoms with Gasteiger partial charge < -0.3 is 4.90 Å². The van der Waals surface area contributed by atoms with Crippen LogP contribution < -0.4 is 4.90 Å². The van der Waals surface area contributed by atoms with Gasteiger partial charge in [-0.15, -0.1) is 0 Å². The van der Waals surface area contributed by atoms with Crippen LogP contribution in [0.25, 0.3) is 0 Å². The Kier molecular flexibility index (Phi) is 5.00. The zero-order valence-electron chi connectivity index (χ0n) is 10.5. The first-order chi connectivity index (χ1) is 7.56. The lowest BCUT2D eigenvalue weighted by atomic mass is 10.1. The predicted molar refractivity (Wildman–Crippen MR) is 69.1 cm³/mol. The summed E-state index contributed by atoms with van der Waals surface area (Å²) >= 11 is 5.87. The molecule has 4 heteroatoms. The Morgan fingerprint density at radius 1 is 1.38 bits per heavy atom. The number of hydrogen-bond donors (Lipinski definition) is 0. The van der Waals surface area contributed by atoms with Gasteiger partial charge in [0.25, 0.3) is 0 Å². The summed E-state index contributed by atoms with van der Waals surface area (Å²) in [5, 5.41) is 0.331. The van der Waals surface area contributed by atoms with Gasteiger partial charge in [0.1, 0.15) is 5.82 Å². The maximum absolute atomic E-state index is 5.87. The summed E-state index contributed by atoms with van der Waals surface area (Å²) in [5.74, 6) is 1.59. The molecule has 1 heterocycles. The second-order valence-electron chi connectivity index (χ2n) is 4.19.